The van der Waals surface area contributed by atoms with Crippen LogP contribution in [0.4, 0.5) is 0 Å². The van der Waals surface area contributed by atoms with Crippen LogP contribution in [0.3, 0.4) is 0 Å². The molecule has 0 aliphatic rings. The number of esters is 1. The molecular formula is C21H34O10. The fraction of sp³-hybridized carbons (Fsp3) is 0.667. The minimum Gasteiger partial charge on any atom is -0.490 e. The van der Waals surface area contributed by atoms with Crippen LogP contribution in [-0.2, 0) is 14.2 Å². The van der Waals surface area contributed by atoms with Crippen LogP contribution in [0.2, 0.25) is 0 Å². The van der Waals surface area contributed by atoms with Gasteiger partial charge >= 0.3 is 5.97 Å². The summed E-state index contributed by atoms with van der Waals surface area (Å²) in [5.41, 5.74) is 0.0197. The lowest BCUT2D eigenvalue weighted by Crippen LogP contribution is -2.49. The van der Waals surface area contributed by atoms with E-state index >= 15 is 0 Å². The van der Waals surface area contributed by atoms with Gasteiger partial charge < -0.3 is 44.5 Å². The van der Waals surface area contributed by atoms with Crippen molar-refractivity contribution in [2.75, 3.05) is 46.2 Å². The fourth-order valence-electron chi connectivity index (χ4n) is 2.53. The first-order valence-electron chi connectivity index (χ1n) is 10.3. The number of rotatable bonds is 17. The second-order valence-electron chi connectivity index (χ2n) is 6.78. The van der Waals surface area contributed by atoms with Crippen molar-refractivity contribution in [3.8, 4) is 5.75 Å². The number of aliphatic hydroxyl groups excluding tert-OH is 5. The summed E-state index contributed by atoms with van der Waals surface area (Å²) >= 11 is 0. The lowest BCUT2D eigenvalue weighted by atomic mass is 10.0. The summed E-state index contributed by atoms with van der Waals surface area (Å²) in [5, 5.41) is 47.6. The first kappa shape index (κ1) is 27.2. The molecule has 0 aromatic heterocycles. The van der Waals surface area contributed by atoms with Gasteiger partial charge in [0, 0.05) is 6.61 Å². The third-order valence-corrected chi connectivity index (χ3v) is 4.33. The van der Waals surface area contributed by atoms with Gasteiger partial charge in [0.1, 0.15) is 36.2 Å². The molecule has 5 N–H and O–H groups in total. The summed E-state index contributed by atoms with van der Waals surface area (Å²) in [7, 11) is 0. The van der Waals surface area contributed by atoms with Gasteiger partial charge in [-0.2, -0.15) is 0 Å². The van der Waals surface area contributed by atoms with E-state index in [1.54, 1.807) is 18.2 Å². The molecule has 31 heavy (non-hydrogen) atoms. The largest absolute Gasteiger partial charge is 0.490 e. The van der Waals surface area contributed by atoms with Gasteiger partial charge in [0.05, 0.1) is 33.0 Å². The Hall–Kier alpha value is -1.79. The van der Waals surface area contributed by atoms with Gasteiger partial charge in [-0.05, 0) is 18.6 Å². The van der Waals surface area contributed by atoms with Gasteiger partial charge in [-0.15, -0.1) is 0 Å². The van der Waals surface area contributed by atoms with Crippen molar-refractivity contribution in [3.05, 3.63) is 29.8 Å². The van der Waals surface area contributed by atoms with Crippen molar-refractivity contribution < 1.29 is 49.3 Å². The molecule has 1 rings (SSSR count). The molecule has 0 saturated heterocycles. The van der Waals surface area contributed by atoms with E-state index in [0.717, 1.165) is 12.8 Å². The number of benzene rings is 1. The van der Waals surface area contributed by atoms with E-state index in [4.69, 9.17) is 29.2 Å². The Morgan fingerprint density at radius 3 is 2.16 bits per heavy atom. The van der Waals surface area contributed by atoms with Gasteiger partial charge in [0.25, 0.3) is 0 Å². The van der Waals surface area contributed by atoms with E-state index in [2.05, 4.69) is 6.92 Å². The molecule has 0 amide bonds. The number of para-hydroxylation sites is 1. The number of ether oxygens (including phenoxy) is 4. The number of hydrogen-bond donors (Lipinski definition) is 5. The molecule has 0 aliphatic carbocycles. The molecule has 0 heterocycles. The van der Waals surface area contributed by atoms with Crippen LogP contribution in [0, 0.1) is 0 Å². The minimum atomic E-state index is -1.81. The maximum Gasteiger partial charge on any atom is 0.342 e. The maximum atomic E-state index is 12.6. The standard InChI is InChI=1S/C21H34O10/c1-2-3-8-28-9-10-29-11-12-30-18-7-5-4-6-15(18)21(27)31-20(17(25)14-23)19(26)16(24)13-22/h4-7,16-17,19-20,22-26H,2-3,8-14H2,1H3/t16-,17-,19-,20-/m1/s1. The maximum absolute atomic E-state index is 12.6. The molecule has 1 aromatic carbocycles. The summed E-state index contributed by atoms with van der Waals surface area (Å²) < 4.78 is 21.5. The fourth-order valence-corrected chi connectivity index (χ4v) is 2.53. The highest BCUT2D eigenvalue weighted by Gasteiger charge is 2.35. The lowest BCUT2D eigenvalue weighted by Gasteiger charge is -2.28. The van der Waals surface area contributed by atoms with Gasteiger partial charge in [-0.25, -0.2) is 4.79 Å². The second kappa shape index (κ2) is 15.9. The molecule has 0 bridgehead atoms. The summed E-state index contributed by atoms with van der Waals surface area (Å²) in [5.74, 6) is -0.743. The van der Waals surface area contributed by atoms with Crippen LogP contribution in [-0.4, -0.2) is 102 Å². The summed E-state index contributed by atoms with van der Waals surface area (Å²) in [4.78, 5) is 12.6. The van der Waals surface area contributed by atoms with E-state index in [1.807, 2.05) is 0 Å². The zero-order valence-electron chi connectivity index (χ0n) is 17.8. The number of aliphatic hydroxyl groups is 5. The molecule has 0 radical (unpaired) electrons. The molecule has 0 spiro atoms. The molecule has 178 valence electrons. The minimum absolute atomic E-state index is 0.0197. The predicted octanol–water partition coefficient (Wildman–Crippen LogP) is -0.509. The molecule has 0 saturated carbocycles. The molecular weight excluding hydrogens is 412 g/mol. The Kier molecular flexibility index (Phi) is 14.0. The smallest absolute Gasteiger partial charge is 0.342 e. The molecule has 4 atom stereocenters. The summed E-state index contributed by atoms with van der Waals surface area (Å²) in [6.45, 7) is 2.47. The van der Waals surface area contributed by atoms with Crippen LogP contribution in [0.15, 0.2) is 24.3 Å². The predicted molar refractivity (Wildman–Crippen MR) is 110 cm³/mol. The van der Waals surface area contributed by atoms with Crippen molar-refractivity contribution in [1.82, 2.24) is 0 Å². The van der Waals surface area contributed by atoms with Gasteiger partial charge in [0.2, 0.25) is 0 Å². The van der Waals surface area contributed by atoms with Gasteiger partial charge in [-0.3, -0.25) is 0 Å². The highest BCUT2D eigenvalue weighted by molar-refractivity contribution is 5.92. The topological polar surface area (TPSA) is 155 Å². The van der Waals surface area contributed by atoms with Gasteiger partial charge in [0.15, 0.2) is 6.10 Å². The van der Waals surface area contributed by atoms with Crippen molar-refractivity contribution in [2.24, 2.45) is 0 Å². The third kappa shape index (κ3) is 9.92. The molecule has 10 nitrogen and oxygen atoms in total. The highest BCUT2D eigenvalue weighted by Crippen LogP contribution is 2.21. The van der Waals surface area contributed by atoms with Crippen LogP contribution in [0.25, 0.3) is 0 Å². The van der Waals surface area contributed by atoms with Crippen molar-refractivity contribution in [3.63, 3.8) is 0 Å². The molecule has 10 heteroatoms. The zero-order valence-corrected chi connectivity index (χ0v) is 17.8. The van der Waals surface area contributed by atoms with Gasteiger partial charge in [-0.1, -0.05) is 25.5 Å². The SMILES string of the molecule is CCCCOCCOCCOc1ccccc1C(=O)O[C@@H]([C@H](O)[C@H](O)CO)[C@H](O)CO. The van der Waals surface area contributed by atoms with Crippen molar-refractivity contribution in [2.45, 2.75) is 44.2 Å². The summed E-state index contributed by atoms with van der Waals surface area (Å²) in [6, 6.07) is 6.20. The molecule has 0 unspecified atom stereocenters. The molecule has 0 fully saturated rings. The van der Waals surface area contributed by atoms with Crippen LogP contribution >= 0.6 is 0 Å². The average molecular weight is 446 g/mol. The average Bonchev–Trinajstić information content (AvgIpc) is 2.80. The molecule has 0 aliphatic heterocycles. The third-order valence-electron chi connectivity index (χ3n) is 4.33. The second-order valence-corrected chi connectivity index (χ2v) is 6.78. The number of carbonyl (C=O) groups is 1. The molecule has 1 aromatic rings. The summed E-state index contributed by atoms with van der Waals surface area (Å²) in [6.07, 6.45) is -4.74. The van der Waals surface area contributed by atoms with Crippen molar-refractivity contribution >= 4 is 5.97 Å². The lowest BCUT2D eigenvalue weighted by molar-refractivity contribution is -0.128. The Labute approximate surface area is 181 Å². The van der Waals surface area contributed by atoms with Crippen LogP contribution in [0.1, 0.15) is 30.1 Å². The van der Waals surface area contributed by atoms with E-state index in [1.165, 1.54) is 6.07 Å². The Bertz CT molecular complexity index is 612. The van der Waals surface area contributed by atoms with E-state index in [9.17, 15) is 20.1 Å². The van der Waals surface area contributed by atoms with Crippen molar-refractivity contribution in [1.29, 1.82) is 0 Å². The zero-order chi connectivity index (χ0) is 23.1. The first-order chi connectivity index (χ1) is 15.0. The van der Waals surface area contributed by atoms with Crippen LogP contribution < -0.4 is 4.74 Å². The van der Waals surface area contributed by atoms with E-state index in [-0.39, 0.29) is 24.5 Å². The van der Waals surface area contributed by atoms with E-state index < -0.39 is 43.6 Å². The monoisotopic (exact) mass is 446 g/mol. The Morgan fingerprint density at radius 2 is 1.52 bits per heavy atom. The number of hydrogen-bond acceptors (Lipinski definition) is 10. The first-order valence-corrected chi connectivity index (χ1v) is 10.3. The Morgan fingerprint density at radius 1 is 0.903 bits per heavy atom. The van der Waals surface area contributed by atoms with E-state index in [0.29, 0.717) is 19.8 Å². The van der Waals surface area contributed by atoms with Crippen LogP contribution in [0.5, 0.6) is 5.75 Å². The quantitative estimate of drug-likeness (QED) is 0.156. The Balaban J connectivity index is 2.61. The number of carbonyl (C=O) groups excluding carboxylic acids is 1. The highest BCUT2D eigenvalue weighted by atomic mass is 16.6. The normalized spacial score (nSPS) is 15.2. The number of unbranched alkanes of at least 4 members (excludes halogenated alkanes) is 1.